The molecule has 0 atom stereocenters. The fraction of sp³-hybridized carbons (Fsp3) is 0.400. The van der Waals surface area contributed by atoms with Crippen molar-refractivity contribution < 1.29 is 0 Å². The van der Waals surface area contributed by atoms with Crippen molar-refractivity contribution >= 4 is 5.69 Å². The molecule has 0 radical (unpaired) electrons. The van der Waals surface area contributed by atoms with Crippen molar-refractivity contribution in [1.29, 1.82) is 0 Å². The molecule has 0 amide bonds. The van der Waals surface area contributed by atoms with Gasteiger partial charge in [-0.15, -0.1) is 0 Å². The molecule has 22 heavy (non-hydrogen) atoms. The monoisotopic (exact) mass is 296 g/mol. The second kappa shape index (κ2) is 8.00. The summed E-state index contributed by atoms with van der Waals surface area (Å²) in [4.78, 5) is 0. The highest BCUT2D eigenvalue weighted by Crippen LogP contribution is 2.24. The van der Waals surface area contributed by atoms with E-state index in [0.29, 0.717) is 0 Å². The van der Waals surface area contributed by atoms with Crippen LogP contribution < -0.4 is 10.6 Å². The van der Waals surface area contributed by atoms with E-state index in [0.717, 1.165) is 19.6 Å². The first-order valence-electron chi connectivity index (χ1n) is 8.36. The van der Waals surface area contributed by atoms with Gasteiger partial charge in [0.25, 0.3) is 0 Å². The molecular formula is C20H28N2. The molecule has 0 unspecified atom stereocenters. The van der Waals surface area contributed by atoms with Crippen molar-refractivity contribution in [2.75, 3.05) is 11.9 Å². The van der Waals surface area contributed by atoms with Gasteiger partial charge in [-0.05, 0) is 54.2 Å². The Hall–Kier alpha value is -1.80. The van der Waals surface area contributed by atoms with Crippen molar-refractivity contribution in [3.8, 4) is 0 Å². The van der Waals surface area contributed by atoms with Crippen LogP contribution in [0.5, 0.6) is 0 Å². The Balaban J connectivity index is 0.000000144. The van der Waals surface area contributed by atoms with E-state index < -0.39 is 0 Å². The summed E-state index contributed by atoms with van der Waals surface area (Å²) in [5.74, 6) is 0. The summed E-state index contributed by atoms with van der Waals surface area (Å²) in [7, 11) is 0. The van der Waals surface area contributed by atoms with E-state index in [1.165, 1.54) is 39.9 Å². The van der Waals surface area contributed by atoms with E-state index in [2.05, 4.69) is 60.9 Å². The lowest BCUT2D eigenvalue weighted by molar-refractivity contribution is 0.763. The minimum Gasteiger partial charge on any atom is -0.384 e. The summed E-state index contributed by atoms with van der Waals surface area (Å²) < 4.78 is 0. The van der Waals surface area contributed by atoms with Crippen LogP contribution in [0.1, 0.15) is 41.7 Å². The summed E-state index contributed by atoms with van der Waals surface area (Å²) in [5.41, 5.74) is 8.65. The Morgan fingerprint density at radius 1 is 0.818 bits per heavy atom. The molecule has 0 saturated heterocycles. The molecule has 0 saturated carbocycles. The topological polar surface area (TPSA) is 24.1 Å². The lowest BCUT2D eigenvalue weighted by atomic mass is 10.1. The van der Waals surface area contributed by atoms with Crippen LogP contribution in [-0.2, 0) is 19.5 Å². The van der Waals surface area contributed by atoms with Gasteiger partial charge in [0, 0.05) is 25.3 Å². The average molecular weight is 296 g/mol. The van der Waals surface area contributed by atoms with Crippen LogP contribution in [0.25, 0.3) is 0 Å². The second-order valence-corrected chi connectivity index (χ2v) is 5.59. The maximum atomic E-state index is 3.34. The van der Waals surface area contributed by atoms with Crippen LogP contribution in [0.15, 0.2) is 36.4 Å². The van der Waals surface area contributed by atoms with Gasteiger partial charge in [0.1, 0.15) is 0 Å². The first-order chi connectivity index (χ1) is 10.8. The van der Waals surface area contributed by atoms with Crippen LogP contribution in [0.4, 0.5) is 5.69 Å². The van der Waals surface area contributed by atoms with Gasteiger partial charge in [0.15, 0.2) is 0 Å². The summed E-state index contributed by atoms with van der Waals surface area (Å²) in [6.07, 6.45) is 1.20. The second-order valence-electron chi connectivity index (χ2n) is 5.59. The summed E-state index contributed by atoms with van der Waals surface area (Å²) in [6.45, 7) is 11.6. The third kappa shape index (κ3) is 3.69. The maximum absolute atomic E-state index is 3.34. The molecule has 0 aliphatic carbocycles. The number of hydrogen-bond donors (Lipinski definition) is 2. The van der Waals surface area contributed by atoms with Gasteiger partial charge in [-0.1, -0.05) is 44.2 Å². The quantitative estimate of drug-likeness (QED) is 0.743. The molecule has 0 bridgehead atoms. The molecule has 0 spiro atoms. The average Bonchev–Trinajstić information content (AvgIpc) is 3.20. The summed E-state index contributed by atoms with van der Waals surface area (Å²) in [5, 5.41) is 6.67. The van der Waals surface area contributed by atoms with Crippen LogP contribution >= 0.6 is 0 Å². The molecule has 2 aromatic carbocycles. The molecule has 118 valence electrons. The first kappa shape index (κ1) is 16.6. The zero-order valence-electron chi connectivity index (χ0n) is 14.3. The largest absolute Gasteiger partial charge is 0.384 e. The van der Waals surface area contributed by atoms with E-state index >= 15 is 0 Å². The van der Waals surface area contributed by atoms with Crippen LogP contribution in [0.2, 0.25) is 0 Å². The number of fused-ring (bicyclic) bond motifs is 2. The highest BCUT2D eigenvalue weighted by Gasteiger charge is 2.10. The fourth-order valence-electron chi connectivity index (χ4n) is 3.03. The standard InChI is InChI=1S/2C9H11N.C2H6/c1-7-3-2-4-8-5-10-6-9(7)8;1-7-3-2-4-9-8(7)5-6-10-9;1-2/h2*2-4,10H,5-6H2,1H3;1-2H3. The molecule has 2 aliphatic heterocycles. The Morgan fingerprint density at radius 2 is 1.50 bits per heavy atom. The van der Waals surface area contributed by atoms with E-state index in [4.69, 9.17) is 0 Å². The highest BCUT2D eigenvalue weighted by atomic mass is 14.9. The molecule has 2 aliphatic rings. The van der Waals surface area contributed by atoms with E-state index in [9.17, 15) is 0 Å². The van der Waals surface area contributed by atoms with Crippen molar-refractivity contribution in [2.45, 2.75) is 47.2 Å². The summed E-state index contributed by atoms with van der Waals surface area (Å²) in [6, 6.07) is 12.9. The van der Waals surface area contributed by atoms with Gasteiger partial charge >= 0.3 is 0 Å². The molecule has 2 N–H and O–H groups in total. The molecule has 4 rings (SSSR count). The molecule has 0 fully saturated rings. The maximum Gasteiger partial charge on any atom is 0.0376 e. The number of aryl methyl sites for hydroxylation is 2. The molecule has 2 heterocycles. The SMILES string of the molecule is CC.Cc1cccc2c1CCN2.Cc1cccc2c1CNC2. The van der Waals surface area contributed by atoms with Gasteiger partial charge in [-0.3, -0.25) is 0 Å². The minimum absolute atomic E-state index is 1.05. The molecule has 2 heteroatoms. The lowest BCUT2D eigenvalue weighted by Gasteiger charge is -2.00. The normalized spacial score (nSPS) is 13.8. The van der Waals surface area contributed by atoms with Crippen molar-refractivity contribution in [1.82, 2.24) is 5.32 Å². The Kier molecular flexibility index (Phi) is 6.02. The van der Waals surface area contributed by atoms with E-state index in [-0.39, 0.29) is 0 Å². The van der Waals surface area contributed by atoms with Crippen molar-refractivity contribution in [2.24, 2.45) is 0 Å². The number of benzene rings is 2. The van der Waals surface area contributed by atoms with Crippen LogP contribution in [0, 0.1) is 13.8 Å². The third-order valence-corrected chi connectivity index (χ3v) is 4.23. The van der Waals surface area contributed by atoms with Crippen molar-refractivity contribution in [3.05, 3.63) is 64.2 Å². The number of anilines is 1. The van der Waals surface area contributed by atoms with E-state index in [1.807, 2.05) is 13.8 Å². The summed E-state index contributed by atoms with van der Waals surface area (Å²) >= 11 is 0. The van der Waals surface area contributed by atoms with Gasteiger partial charge in [0.2, 0.25) is 0 Å². The highest BCUT2D eigenvalue weighted by molar-refractivity contribution is 5.58. The molecule has 2 aromatic rings. The molecule has 0 aromatic heterocycles. The Labute approximate surface area is 135 Å². The molecular weight excluding hydrogens is 268 g/mol. The third-order valence-electron chi connectivity index (χ3n) is 4.23. The first-order valence-corrected chi connectivity index (χ1v) is 8.36. The smallest absolute Gasteiger partial charge is 0.0376 e. The zero-order chi connectivity index (χ0) is 15.9. The Morgan fingerprint density at radius 3 is 2.18 bits per heavy atom. The van der Waals surface area contributed by atoms with Gasteiger partial charge in [-0.2, -0.15) is 0 Å². The number of hydrogen-bond acceptors (Lipinski definition) is 2. The van der Waals surface area contributed by atoms with Gasteiger partial charge in [0.05, 0.1) is 0 Å². The number of nitrogens with one attached hydrogen (secondary N) is 2. The minimum atomic E-state index is 1.05. The van der Waals surface area contributed by atoms with Crippen molar-refractivity contribution in [3.63, 3.8) is 0 Å². The lowest BCUT2D eigenvalue weighted by Crippen LogP contribution is -2.00. The van der Waals surface area contributed by atoms with E-state index in [1.54, 1.807) is 0 Å². The van der Waals surface area contributed by atoms with Gasteiger partial charge in [-0.25, -0.2) is 0 Å². The predicted octanol–water partition coefficient (Wildman–Crippen LogP) is 4.59. The van der Waals surface area contributed by atoms with Crippen LogP contribution in [-0.4, -0.2) is 6.54 Å². The predicted molar refractivity (Wildman–Crippen MR) is 96.4 cm³/mol. The zero-order valence-corrected chi connectivity index (χ0v) is 14.3. The van der Waals surface area contributed by atoms with Crippen LogP contribution in [0.3, 0.4) is 0 Å². The molecule has 2 nitrogen and oxygen atoms in total. The number of rotatable bonds is 0. The Bertz CT molecular complexity index is 562. The van der Waals surface area contributed by atoms with Gasteiger partial charge < -0.3 is 10.6 Å². The fourth-order valence-corrected chi connectivity index (χ4v) is 3.03.